The molecule has 1 saturated heterocycles. The molecule has 1 unspecified atom stereocenters. The van der Waals surface area contributed by atoms with E-state index in [9.17, 15) is 9.59 Å². The maximum atomic E-state index is 11.4. The van der Waals surface area contributed by atoms with Crippen molar-refractivity contribution < 1.29 is 14.3 Å². The van der Waals surface area contributed by atoms with Crippen molar-refractivity contribution >= 4 is 33.5 Å². The average Bonchev–Trinajstić information content (AvgIpc) is 2.81. The second-order valence-electron chi connectivity index (χ2n) is 3.57. The number of carbonyl (C=O) groups is 2. The van der Waals surface area contributed by atoms with E-state index < -0.39 is 17.9 Å². The summed E-state index contributed by atoms with van der Waals surface area (Å²) in [6.07, 6.45) is 0.110. The molecule has 5 heteroatoms. The molecule has 1 fully saturated rings. The van der Waals surface area contributed by atoms with Crippen molar-refractivity contribution in [3.8, 4) is 0 Å². The van der Waals surface area contributed by atoms with Crippen molar-refractivity contribution in [2.75, 3.05) is 0 Å². The van der Waals surface area contributed by atoms with E-state index in [1.165, 1.54) is 11.3 Å². The average molecular weight is 233 g/mol. The summed E-state index contributed by atoms with van der Waals surface area (Å²) >= 11 is 1.44. The number of para-hydroxylation sites is 1. The summed E-state index contributed by atoms with van der Waals surface area (Å²) in [5, 5.41) is 0.664. The number of nitrogens with zero attached hydrogens (tertiary/aromatic N) is 1. The topological polar surface area (TPSA) is 56.3 Å². The number of fused-ring (bicyclic) bond motifs is 1. The molecule has 0 spiro atoms. The molecule has 1 atom stereocenters. The smallest absolute Gasteiger partial charge is 0.324 e. The molecule has 4 nitrogen and oxygen atoms in total. The van der Waals surface area contributed by atoms with Gasteiger partial charge in [-0.2, -0.15) is 0 Å². The number of esters is 2. The Hall–Kier alpha value is -1.75. The third-order valence-electron chi connectivity index (χ3n) is 2.48. The lowest BCUT2D eigenvalue weighted by molar-refractivity contribution is -0.152. The molecule has 0 amide bonds. The molecule has 3 rings (SSSR count). The highest BCUT2D eigenvalue weighted by Gasteiger charge is 2.36. The molecule has 1 aliphatic rings. The lowest BCUT2D eigenvalue weighted by atomic mass is 10.1. The molecule has 1 aromatic carbocycles. The summed E-state index contributed by atoms with van der Waals surface area (Å²) in [5.74, 6) is -1.46. The van der Waals surface area contributed by atoms with Gasteiger partial charge in [0, 0.05) is 0 Å². The number of benzene rings is 1. The quantitative estimate of drug-likeness (QED) is 0.557. The number of ether oxygens (including phenoxy) is 1. The van der Waals surface area contributed by atoms with Crippen molar-refractivity contribution in [2.45, 2.75) is 12.3 Å². The Labute approximate surface area is 94.9 Å². The van der Waals surface area contributed by atoms with Gasteiger partial charge in [-0.15, -0.1) is 11.3 Å². The summed E-state index contributed by atoms with van der Waals surface area (Å²) in [6, 6.07) is 7.64. The first-order valence-electron chi connectivity index (χ1n) is 4.84. The van der Waals surface area contributed by atoms with Crippen molar-refractivity contribution in [2.24, 2.45) is 0 Å². The van der Waals surface area contributed by atoms with Crippen LogP contribution < -0.4 is 0 Å². The number of cyclic esters (lactones) is 2. The molecule has 2 heterocycles. The molecular formula is C11H7NO3S. The summed E-state index contributed by atoms with van der Waals surface area (Å²) in [5.41, 5.74) is 0.856. The van der Waals surface area contributed by atoms with E-state index in [-0.39, 0.29) is 6.42 Å². The standard InChI is InChI=1S/C11H7NO3S/c13-9-5-6(11(14)15-9)10-12-7-3-1-2-4-8(7)16-10/h1-4,6H,5H2. The Morgan fingerprint density at radius 2 is 2.12 bits per heavy atom. The third-order valence-corrected chi connectivity index (χ3v) is 3.63. The van der Waals surface area contributed by atoms with Crippen LogP contribution in [0.15, 0.2) is 24.3 Å². The van der Waals surface area contributed by atoms with Crippen molar-refractivity contribution in [3.63, 3.8) is 0 Å². The number of hydrogen-bond donors (Lipinski definition) is 0. The molecule has 0 radical (unpaired) electrons. The van der Waals surface area contributed by atoms with Crippen LogP contribution in [0, 0.1) is 0 Å². The first-order valence-corrected chi connectivity index (χ1v) is 5.65. The Kier molecular flexibility index (Phi) is 2.00. The van der Waals surface area contributed by atoms with Crippen LogP contribution in [0.2, 0.25) is 0 Å². The first-order chi connectivity index (χ1) is 7.74. The van der Waals surface area contributed by atoms with E-state index in [4.69, 9.17) is 0 Å². The molecule has 0 N–H and O–H groups in total. The van der Waals surface area contributed by atoms with Crippen molar-refractivity contribution in [1.29, 1.82) is 0 Å². The van der Waals surface area contributed by atoms with Gasteiger partial charge in [-0.25, -0.2) is 4.98 Å². The molecule has 2 aromatic rings. The van der Waals surface area contributed by atoms with Crippen molar-refractivity contribution in [1.82, 2.24) is 4.98 Å². The predicted molar refractivity (Wildman–Crippen MR) is 58.1 cm³/mol. The number of thiazole rings is 1. The number of carbonyl (C=O) groups excluding carboxylic acids is 2. The van der Waals surface area contributed by atoms with Gasteiger partial charge in [0.1, 0.15) is 10.9 Å². The van der Waals surface area contributed by atoms with Gasteiger partial charge in [0.05, 0.1) is 16.6 Å². The van der Waals surface area contributed by atoms with Crippen LogP contribution in [0.25, 0.3) is 10.2 Å². The second kappa shape index (κ2) is 3.38. The Morgan fingerprint density at radius 1 is 1.31 bits per heavy atom. The second-order valence-corrected chi connectivity index (χ2v) is 4.63. The largest absolute Gasteiger partial charge is 0.393 e. The van der Waals surface area contributed by atoms with E-state index in [0.29, 0.717) is 5.01 Å². The Bertz CT molecular complexity index is 557. The predicted octanol–water partition coefficient (Wildman–Crippen LogP) is 1.85. The monoisotopic (exact) mass is 233 g/mol. The van der Waals surface area contributed by atoms with Gasteiger partial charge in [0.15, 0.2) is 0 Å². The zero-order valence-corrected chi connectivity index (χ0v) is 8.99. The van der Waals surface area contributed by atoms with E-state index in [1.807, 2.05) is 24.3 Å². The van der Waals surface area contributed by atoms with E-state index >= 15 is 0 Å². The van der Waals surface area contributed by atoms with E-state index in [2.05, 4.69) is 9.72 Å². The molecule has 1 aliphatic heterocycles. The zero-order chi connectivity index (χ0) is 11.1. The van der Waals surface area contributed by atoms with Crippen LogP contribution in [0.4, 0.5) is 0 Å². The highest BCUT2D eigenvalue weighted by Crippen LogP contribution is 2.33. The minimum atomic E-state index is -0.509. The number of hydrogen-bond acceptors (Lipinski definition) is 5. The molecule has 1 aromatic heterocycles. The fourth-order valence-electron chi connectivity index (χ4n) is 1.70. The summed E-state index contributed by atoms with van der Waals surface area (Å²) in [6.45, 7) is 0. The summed E-state index contributed by atoms with van der Waals surface area (Å²) in [4.78, 5) is 26.7. The fourth-order valence-corrected chi connectivity index (χ4v) is 2.76. The third kappa shape index (κ3) is 1.40. The normalized spacial score (nSPS) is 20.4. The Morgan fingerprint density at radius 3 is 2.81 bits per heavy atom. The Balaban J connectivity index is 2.06. The van der Waals surface area contributed by atoms with Crippen LogP contribution in [-0.4, -0.2) is 16.9 Å². The van der Waals surface area contributed by atoms with E-state index in [0.717, 1.165) is 10.2 Å². The lowest BCUT2D eigenvalue weighted by Crippen LogP contribution is -2.04. The lowest BCUT2D eigenvalue weighted by Gasteiger charge is -1.96. The van der Waals surface area contributed by atoms with Crippen LogP contribution in [-0.2, 0) is 14.3 Å². The number of aromatic nitrogens is 1. The molecule has 0 bridgehead atoms. The molecule has 80 valence electrons. The molecule has 0 aliphatic carbocycles. The van der Waals surface area contributed by atoms with Gasteiger partial charge in [-0.05, 0) is 12.1 Å². The molecular weight excluding hydrogens is 226 g/mol. The summed E-state index contributed by atoms with van der Waals surface area (Å²) in [7, 11) is 0. The van der Waals surface area contributed by atoms with Gasteiger partial charge in [-0.1, -0.05) is 12.1 Å². The fraction of sp³-hybridized carbons (Fsp3) is 0.182. The van der Waals surface area contributed by atoms with Crippen molar-refractivity contribution in [3.05, 3.63) is 29.3 Å². The van der Waals surface area contributed by atoms with Gasteiger partial charge < -0.3 is 4.74 Å². The van der Waals surface area contributed by atoms with Crippen LogP contribution in [0.5, 0.6) is 0 Å². The summed E-state index contributed by atoms with van der Waals surface area (Å²) < 4.78 is 5.53. The van der Waals surface area contributed by atoms with Gasteiger partial charge in [-0.3, -0.25) is 9.59 Å². The van der Waals surface area contributed by atoms with Crippen LogP contribution in [0.1, 0.15) is 17.3 Å². The molecule has 16 heavy (non-hydrogen) atoms. The minimum absolute atomic E-state index is 0.110. The highest BCUT2D eigenvalue weighted by atomic mass is 32.1. The molecule has 0 saturated carbocycles. The maximum Gasteiger partial charge on any atom is 0.324 e. The maximum absolute atomic E-state index is 11.4. The zero-order valence-electron chi connectivity index (χ0n) is 8.17. The van der Waals surface area contributed by atoms with E-state index in [1.54, 1.807) is 0 Å². The van der Waals surface area contributed by atoms with Gasteiger partial charge >= 0.3 is 11.9 Å². The van der Waals surface area contributed by atoms with Crippen LogP contribution >= 0.6 is 11.3 Å². The van der Waals surface area contributed by atoms with Gasteiger partial charge in [0.25, 0.3) is 0 Å². The first kappa shape index (κ1) is 9.47. The van der Waals surface area contributed by atoms with Gasteiger partial charge in [0.2, 0.25) is 0 Å². The SMILES string of the molecule is O=C1CC(c2nc3ccccc3s2)C(=O)O1. The minimum Gasteiger partial charge on any atom is -0.393 e. The highest BCUT2D eigenvalue weighted by molar-refractivity contribution is 7.18. The van der Waals surface area contributed by atoms with Crippen LogP contribution in [0.3, 0.4) is 0 Å². The number of rotatable bonds is 1.